The number of methoxy groups -OCH3 is 1. The van der Waals surface area contributed by atoms with E-state index >= 15 is 0 Å². The maximum absolute atomic E-state index is 12.3. The molecule has 0 radical (unpaired) electrons. The quantitative estimate of drug-likeness (QED) is 0.827. The monoisotopic (exact) mass is 316 g/mol. The predicted molar refractivity (Wildman–Crippen MR) is 83.6 cm³/mol. The van der Waals surface area contributed by atoms with Crippen molar-refractivity contribution in [3.8, 4) is 0 Å². The van der Waals surface area contributed by atoms with Crippen LogP contribution in [0.25, 0.3) is 0 Å². The molecule has 6 nitrogen and oxygen atoms in total. The Hall–Kier alpha value is -2.63. The van der Waals surface area contributed by atoms with Gasteiger partial charge in [0.2, 0.25) is 5.91 Å². The molecule has 0 aliphatic carbocycles. The van der Waals surface area contributed by atoms with Crippen LogP contribution in [0.2, 0.25) is 0 Å². The second kappa shape index (κ2) is 7.58. The molecule has 1 atom stereocenters. The highest BCUT2D eigenvalue weighted by Crippen LogP contribution is 2.18. The number of hydrogen-bond donors (Lipinski definition) is 1. The number of carbonyl (C=O) groups is 2. The third-order valence-electron chi connectivity index (χ3n) is 3.65. The highest BCUT2D eigenvalue weighted by atomic mass is 16.5. The van der Waals surface area contributed by atoms with Crippen LogP contribution in [0.5, 0.6) is 0 Å². The molecule has 2 aromatic rings. The van der Waals surface area contributed by atoms with E-state index in [0.29, 0.717) is 11.5 Å². The molecule has 122 valence electrons. The largest absolute Gasteiger partial charge is 0.469 e. The van der Waals surface area contributed by atoms with Crippen LogP contribution in [0.3, 0.4) is 0 Å². The minimum atomic E-state index is -0.434. The molecule has 1 heterocycles. The molecule has 0 spiro atoms. The number of amides is 1. The van der Waals surface area contributed by atoms with Gasteiger partial charge in [0, 0.05) is 5.56 Å². The first kappa shape index (κ1) is 16.7. The van der Waals surface area contributed by atoms with Crippen LogP contribution >= 0.6 is 0 Å². The van der Waals surface area contributed by atoms with E-state index in [1.165, 1.54) is 7.11 Å². The first-order chi connectivity index (χ1) is 11.0. The molecule has 1 aromatic carbocycles. The number of benzene rings is 1. The summed E-state index contributed by atoms with van der Waals surface area (Å²) in [5.74, 6) is 0.0514. The first-order valence-corrected chi connectivity index (χ1v) is 7.34. The zero-order valence-electron chi connectivity index (χ0n) is 13.5. The summed E-state index contributed by atoms with van der Waals surface area (Å²) < 4.78 is 9.78. The molecule has 1 amide bonds. The number of esters is 1. The number of carbonyl (C=O) groups excluding carboxylic acids is 2. The van der Waals surface area contributed by atoms with Gasteiger partial charge in [-0.05, 0) is 19.4 Å². The number of aromatic nitrogens is 1. The molecule has 0 unspecified atom stereocenters. The smallest absolute Gasteiger partial charge is 0.307 e. The zero-order valence-corrected chi connectivity index (χ0v) is 13.5. The molecule has 6 heteroatoms. The minimum Gasteiger partial charge on any atom is -0.469 e. The van der Waals surface area contributed by atoms with Crippen LogP contribution in [0.1, 0.15) is 35.0 Å². The Balaban J connectivity index is 2.11. The van der Waals surface area contributed by atoms with Crippen LogP contribution in [-0.4, -0.2) is 24.1 Å². The van der Waals surface area contributed by atoms with Crippen molar-refractivity contribution in [2.45, 2.75) is 32.7 Å². The highest BCUT2D eigenvalue weighted by Gasteiger charge is 2.20. The van der Waals surface area contributed by atoms with Gasteiger partial charge in [-0.1, -0.05) is 35.5 Å². The Morgan fingerprint density at radius 1 is 1.26 bits per heavy atom. The number of nitrogens with zero attached hydrogens (tertiary/aromatic N) is 1. The third kappa shape index (κ3) is 4.42. The number of rotatable bonds is 6. The number of aryl methyl sites for hydroxylation is 2. The van der Waals surface area contributed by atoms with Crippen LogP contribution in [0.4, 0.5) is 0 Å². The Bertz CT molecular complexity index is 660. The topological polar surface area (TPSA) is 81.4 Å². The van der Waals surface area contributed by atoms with Gasteiger partial charge in [0.1, 0.15) is 5.76 Å². The molecule has 0 aliphatic rings. The standard InChI is InChI=1S/C17H20N2O4/c1-11-14(12(2)23-19-11)9-16(20)18-15(10-17(21)22-3)13-7-5-4-6-8-13/h4-8,15H,9-10H2,1-3H3,(H,18,20)/t15-/m1/s1. The summed E-state index contributed by atoms with van der Waals surface area (Å²) in [5, 5.41) is 6.72. The summed E-state index contributed by atoms with van der Waals surface area (Å²) >= 11 is 0. The summed E-state index contributed by atoms with van der Waals surface area (Å²) in [6, 6.07) is 8.90. The van der Waals surface area contributed by atoms with E-state index in [9.17, 15) is 9.59 Å². The molecule has 1 aromatic heterocycles. The van der Waals surface area contributed by atoms with Gasteiger partial charge < -0.3 is 14.6 Å². The SMILES string of the molecule is COC(=O)C[C@@H](NC(=O)Cc1c(C)noc1C)c1ccccc1. The summed E-state index contributed by atoms with van der Waals surface area (Å²) in [7, 11) is 1.33. The lowest BCUT2D eigenvalue weighted by atomic mass is 10.0. The summed E-state index contributed by atoms with van der Waals surface area (Å²) in [4.78, 5) is 23.9. The second-order valence-electron chi connectivity index (χ2n) is 5.29. The van der Waals surface area contributed by atoms with Gasteiger partial charge >= 0.3 is 5.97 Å². The van der Waals surface area contributed by atoms with E-state index in [2.05, 4.69) is 10.5 Å². The highest BCUT2D eigenvalue weighted by molar-refractivity contribution is 5.80. The Kier molecular flexibility index (Phi) is 5.51. The van der Waals surface area contributed by atoms with Crippen LogP contribution in [-0.2, 0) is 20.7 Å². The molecule has 0 saturated carbocycles. The van der Waals surface area contributed by atoms with Crippen molar-refractivity contribution < 1.29 is 18.8 Å². The van der Waals surface area contributed by atoms with E-state index in [-0.39, 0.29) is 24.7 Å². The molecular formula is C17H20N2O4. The Morgan fingerprint density at radius 2 is 1.96 bits per heavy atom. The molecule has 2 rings (SSSR count). The van der Waals surface area contributed by atoms with Gasteiger partial charge in [0.25, 0.3) is 0 Å². The lowest BCUT2D eigenvalue weighted by Crippen LogP contribution is -2.31. The van der Waals surface area contributed by atoms with Crippen molar-refractivity contribution >= 4 is 11.9 Å². The average Bonchev–Trinajstić information content (AvgIpc) is 2.86. The summed E-state index contributed by atoms with van der Waals surface area (Å²) in [6.45, 7) is 3.56. The van der Waals surface area contributed by atoms with E-state index < -0.39 is 6.04 Å². The third-order valence-corrected chi connectivity index (χ3v) is 3.65. The lowest BCUT2D eigenvalue weighted by molar-refractivity contribution is -0.141. The van der Waals surface area contributed by atoms with Gasteiger partial charge in [-0.15, -0.1) is 0 Å². The Morgan fingerprint density at radius 3 is 2.52 bits per heavy atom. The molecule has 23 heavy (non-hydrogen) atoms. The van der Waals surface area contributed by atoms with Gasteiger partial charge in [-0.3, -0.25) is 9.59 Å². The van der Waals surface area contributed by atoms with Crippen molar-refractivity contribution in [3.05, 3.63) is 52.9 Å². The fourth-order valence-corrected chi connectivity index (χ4v) is 2.35. The first-order valence-electron chi connectivity index (χ1n) is 7.34. The molecule has 0 fully saturated rings. The van der Waals surface area contributed by atoms with Crippen molar-refractivity contribution in [2.24, 2.45) is 0 Å². The molecule has 0 saturated heterocycles. The van der Waals surface area contributed by atoms with Crippen LogP contribution in [0.15, 0.2) is 34.9 Å². The van der Waals surface area contributed by atoms with Gasteiger partial charge in [0.15, 0.2) is 0 Å². The van der Waals surface area contributed by atoms with Crippen molar-refractivity contribution in [2.75, 3.05) is 7.11 Å². The van der Waals surface area contributed by atoms with Crippen molar-refractivity contribution in [1.82, 2.24) is 10.5 Å². The van der Waals surface area contributed by atoms with Gasteiger partial charge in [-0.2, -0.15) is 0 Å². The average molecular weight is 316 g/mol. The van der Waals surface area contributed by atoms with E-state index in [4.69, 9.17) is 9.26 Å². The van der Waals surface area contributed by atoms with Gasteiger partial charge in [0.05, 0.1) is 31.7 Å². The maximum Gasteiger partial charge on any atom is 0.307 e. The predicted octanol–water partition coefficient (Wildman–Crippen LogP) is 2.25. The van der Waals surface area contributed by atoms with Gasteiger partial charge in [-0.25, -0.2) is 0 Å². The normalized spacial score (nSPS) is 11.8. The van der Waals surface area contributed by atoms with E-state index in [0.717, 1.165) is 11.1 Å². The molecule has 1 N–H and O–H groups in total. The van der Waals surface area contributed by atoms with Crippen molar-refractivity contribution in [3.63, 3.8) is 0 Å². The number of ether oxygens (including phenoxy) is 1. The number of nitrogens with one attached hydrogen (secondary N) is 1. The second-order valence-corrected chi connectivity index (χ2v) is 5.29. The lowest BCUT2D eigenvalue weighted by Gasteiger charge is -2.18. The van der Waals surface area contributed by atoms with Crippen molar-refractivity contribution in [1.29, 1.82) is 0 Å². The fraction of sp³-hybridized carbons (Fsp3) is 0.353. The van der Waals surface area contributed by atoms with Crippen LogP contribution < -0.4 is 5.32 Å². The van der Waals surface area contributed by atoms with E-state index in [1.807, 2.05) is 30.3 Å². The maximum atomic E-state index is 12.3. The number of hydrogen-bond acceptors (Lipinski definition) is 5. The zero-order chi connectivity index (χ0) is 16.8. The van der Waals surface area contributed by atoms with E-state index in [1.54, 1.807) is 13.8 Å². The fourth-order valence-electron chi connectivity index (χ4n) is 2.35. The Labute approximate surface area is 134 Å². The molecule has 0 bridgehead atoms. The molecular weight excluding hydrogens is 296 g/mol. The molecule has 0 aliphatic heterocycles. The summed E-state index contributed by atoms with van der Waals surface area (Å²) in [5.41, 5.74) is 2.32. The van der Waals surface area contributed by atoms with Crippen LogP contribution in [0, 0.1) is 13.8 Å². The summed E-state index contributed by atoms with van der Waals surface area (Å²) in [6.07, 6.45) is 0.236. The minimum absolute atomic E-state index is 0.0772.